The van der Waals surface area contributed by atoms with Gasteiger partial charge in [0.1, 0.15) is 13.1 Å². The van der Waals surface area contributed by atoms with E-state index in [1.54, 1.807) is 0 Å². The van der Waals surface area contributed by atoms with E-state index in [-0.39, 0.29) is 0 Å². The average Bonchev–Trinajstić information content (AvgIpc) is 3.52. The Morgan fingerprint density at radius 1 is 0.301 bits per heavy atom. The highest BCUT2D eigenvalue weighted by Crippen LogP contribution is 2.19. The van der Waals surface area contributed by atoms with Crippen LogP contribution in [0.1, 0.15) is 293 Å². The van der Waals surface area contributed by atoms with E-state index in [9.17, 15) is 0 Å². The fraction of sp³-hybridized carbons (Fsp3) is 0.649. The van der Waals surface area contributed by atoms with Gasteiger partial charge in [-0.05, 0) is 59.4 Å². The molecule has 0 bridgehead atoms. The molecule has 0 N–H and O–H groups in total. The summed E-state index contributed by atoms with van der Waals surface area (Å²) in [5, 5.41) is 0. The van der Waals surface area contributed by atoms with E-state index in [2.05, 4.69) is 183 Å². The first-order valence-electron chi connectivity index (χ1n) is 33.9. The van der Waals surface area contributed by atoms with E-state index in [0.717, 1.165) is 13.1 Å². The van der Waals surface area contributed by atoms with E-state index >= 15 is 0 Å². The fourth-order valence-electron chi connectivity index (χ4n) is 10.7. The average molecular weight is 1160 g/mol. The molecule has 8 nitrogen and oxygen atoms in total. The molecule has 0 saturated heterocycles. The number of benzene rings is 2. The smallest absolute Gasteiger partial charge is 0.169 e. The van der Waals surface area contributed by atoms with Gasteiger partial charge in [0.15, 0.2) is 24.8 Å². The molecular formula is C74H122N4O4S. The topological polar surface area (TPSA) is 94.5 Å². The molecule has 0 radical (unpaired) electrons. The van der Waals surface area contributed by atoms with Gasteiger partial charge in [0.25, 0.3) is 0 Å². The number of hydrogen-bond acceptors (Lipinski definition) is 6. The van der Waals surface area contributed by atoms with Crippen LogP contribution in [0.2, 0.25) is 0 Å². The Labute approximate surface area is 511 Å². The Morgan fingerprint density at radius 2 is 0.470 bits per heavy atom. The predicted molar refractivity (Wildman–Crippen MR) is 359 cm³/mol. The van der Waals surface area contributed by atoms with Crippen molar-refractivity contribution in [3.63, 3.8) is 0 Å². The molecule has 83 heavy (non-hydrogen) atoms. The summed E-state index contributed by atoms with van der Waals surface area (Å²) in [7, 11) is 3.14. The van der Waals surface area contributed by atoms with Gasteiger partial charge in [-0.25, -0.2) is 9.13 Å². The maximum absolute atomic E-state index is 8.52. The van der Waals surface area contributed by atoms with Crippen LogP contribution in [0, 0.1) is 0 Å². The lowest BCUT2D eigenvalue weighted by atomic mass is 10.0. The Kier molecular flexibility index (Phi) is 46.9. The molecule has 2 heterocycles. The van der Waals surface area contributed by atoms with Crippen LogP contribution in [-0.4, -0.2) is 45.7 Å². The summed E-state index contributed by atoms with van der Waals surface area (Å²) in [5.74, 6) is 0. The minimum absolute atomic E-state index is 1.13. The number of anilines is 2. The third-order valence-corrected chi connectivity index (χ3v) is 16.1. The first-order chi connectivity index (χ1) is 40.4. The monoisotopic (exact) mass is 1160 g/mol. The number of aromatic nitrogens is 2. The number of hydrogen-bond donors (Lipinski definition) is 0. The van der Waals surface area contributed by atoms with Gasteiger partial charge in [-0.15, -0.1) is 0 Å². The van der Waals surface area contributed by atoms with Gasteiger partial charge in [-0.2, -0.15) is 0 Å². The molecule has 0 aliphatic carbocycles. The first-order valence-corrected chi connectivity index (χ1v) is 35.3. The zero-order chi connectivity index (χ0) is 60.1. The quantitative estimate of drug-likeness (QED) is 0.0189. The van der Waals surface area contributed by atoms with Crippen LogP contribution in [0.15, 0.2) is 97.6 Å². The molecule has 9 heteroatoms. The van der Waals surface area contributed by atoms with Crippen molar-refractivity contribution in [2.45, 2.75) is 284 Å². The summed E-state index contributed by atoms with van der Waals surface area (Å²) in [6.07, 6.45) is 75.2. The van der Waals surface area contributed by atoms with Crippen LogP contribution in [0.25, 0.3) is 24.3 Å². The molecule has 0 spiro atoms. The molecule has 0 fully saturated rings. The van der Waals surface area contributed by atoms with Gasteiger partial charge < -0.3 is 18.9 Å². The second-order valence-electron chi connectivity index (χ2n) is 24.2. The number of aryl methyl sites for hydroxylation is 2. The molecule has 0 aliphatic rings. The highest BCUT2D eigenvalue weighted by Gasteiger charge is 2.04. The molecular weight excluding hydrogens is 1040 g/mol. The number of nitrogens with zero attached hydrogens (tertiary/aromatic N) is 4. The van der Waals surface area contributed by atoms with Gasteiger partial charge in [-0.1, -0.05) is 294 Å². The van der Waals surface area contributed by atoms with Gasteiger partial charge in [0.2, 0.25) is 0 Å². The van der Waals surface area contributed by atoms with Gasteiger partial charge >= 0.3 is 0 Å². The van der Waals surface area contributed by atoms with Crippen molar-refractivity contribution in [1.82, 2.24) is 0 Å². The highest BCUT2D eigenvalue weighted by atomic mass is 32.3. The van der Waals surface area contributed by atoms with E-state index < -0.39 is 10.4 Å². The largest absolute Gasteiger partial charge is 0.759 e. The van der Waals surface area contributed by atoms with Crippen molar-refractivity contribution >= 4 is 46.1 Å². The molecule has 2 aromatic carbocycles. The van der Waals surface area contributed by atoms with Crippen molar-refractivity contribution in [2.24, 2.45) is 0 Å². The number of unbranched alkanes of at least 4 members (excludes halogenated alkanes) is 38. The molecule has 0 saturated carbocycles. The summed E-state index contributed by atoms with van der Waals surface area (Å²) < 4.78 is 38.7. The van der Waals surface area contributed by atoms with Crippen molar-refractivity contribution in [2.75, 3.05) is 38.0 Å². The summed E-state index contributed by atoms with van der Waals surface area (Å²) in [6, 6.07) is 26.3. The van der Waals surface area contributed by atoms with Gasteiger partial charge in [-0.3, -0.25) is 8.42 Å². The maximum Gasteiger partial charge on any atom is 0.169 e. The van der Waals surface area contributed by atoms with Crippen LogP contribution in [0.3, 0.4) is 0 Å². The second kappa shape index (κ2) is 52.1. The minimum Gasteiger partial charge on any atom is -0.759 e. The molecule has 0 aliphatic heterocycles. The minimum atomic E-state index is -5.17. The summed E-state index contributed by atoms with van der Waals surface area (Å²) in [4.78, 5) is 4.26. The molecule has 0 amide bonds. The number of pyridine rings is 2. The highest BCUT2D eigenvalue weighted by molar-refractivity contribution is 7.79. The standard InChI is InChI=1S/2C37H61N2.H2O4S/c2*1-4-5-6-7-8-9-10-11-12-13-14-15-16-17-18-19-20-21-22-23-32-39-33-30-36(31-34-39)25-24-35-26-28-37(29-27-35)38(2)3;1-5(2,3)4/h2*24-31,33-34H,4-23,32H2,1-3H3;(H2,1,2,3,4)/q2*+1;/p-2. The Hall–Kier alpha value is -4.31. The number of rotatable bonds is 48. The van der Waals surface area contributed by atoms with Gasteiger partial charge in [0, 0.05) is 87.1 Å². The molecule has 4 rings (SSSR count). The second-order valence-corrected chi connectivity index (χ2v) is 25.0. The van der Waals surface area contributed by atoms with Crippen LogP contribution in [0.4, 0.5) is 11.4 Å². The molecule has 4 aromatic rings. The van der Waals surface area contributed by atoms with Crippen LogP contribution in [-0.2, 0) is 23.5 Å². The zero-order valence-corrected chi connectivity index (χ0v) is 54.9. The van der Waals surface area contributed by atoms with Crippen LogP contribution >= 0.6 is 0 Å². The summed E-state index contributed by atoms with van der Waals surface area (Å²) in [5.41, 5.74) is 7.46. The summed E-state index contributed by atoms with van der Waals surface area (Å²) in [6.45, 7) is 6.87. The zero-order valence-electron chi connectivity index (χ0n) is 54.1. The van der Waals surface area contributed by atoms with E-state index in [1.807, 2.05) is 0 Å². The lowest BCUT2D eigenvalue weighted by Crippen LogP contribution is -2.32. The SMILES string of the molecule is CCCCCCCCCCCCCCCCCCCCCC[n+]1ccc(/C=C/c2ccc(N(C)C)cc2)cc1.CCCCCCCCCCCCCCCCCCCCCC[n+]1ccc(/C=C/c2ccc(N(C)C)cc2)cc1.O=S(=O)([O-])[O-]. The molecule has 0 unspecified atom stereocenters. The van der Waals surface area contributed by atoms with Crippen LogP contribution in [0.5, 0.6) is 0 Å². The maximum atomic E-state index is 8.52. The van der Waals surface area contributed by atoms with Crippen LogP contribution < -0.4 is 18.9 Å². The molecule has 0 atom stereocenters. The van der Waals surface area contributed by atoms with E-state index in [4.69, 9.17) is 17.5 Å². The summed E-state index contributed by atoms with van der Waals surface area (Å²) >= 11 is 0. The Morgan fingerprint density at radius 3 is 0.651 bits per heavy atom. The van der Waals surface area contributed by atoms with E-state index in [0.29, 0.717) is 0 Å². The lowest BCUT2D eigenvalue weighted by molar-refractivity contribution is -0.697. The third kappa shape index (κ3) is 46.6. The predicted octanol–water partition coefficient (Wildman–Crippen LogP) is 20.7. The molecule has 2 aromatic heterocycles. The van der Waals surface area contributed by atoms with Crippen molar-refractivity contribution in [3.05, 3.63) is 120 Å². The fourth-order valence-corrected chi connectivity index (χ4v) is 10.7. The first kappa shape index (κ1) is 74.8. The Bertz CT molecular complexity index is 2070. The van der Waals surface area contributed by atoms with Crippen molar-refractivity contribution in [1.29, 1.82) is 0 Å². The third-order valence-electron chi connectivity index (χ3n) is 16.1. The normalized spacial score (nSPS) is 11.5. The van der Waals surface area contributed by atoms with Crippen molar-refractivity contribution < 1.29 is 26.7 Å². The van der Waals surface area contributed by atoms with Gasteiger partial charge in [0.05, 0.1) is 0 Å². The Balaban J connectivity index is 0.000000523. The van der Waals surface area contributed by atoms with E-state index in [1.165, 1.54) is 290 Å². The molecule has 468 valence electrons. The lowest BCUT2D eigenvalue weighted by Gasteiger charge is -2.11. The van der Waals surface area contributed by atoms with Crippen molar-refractivity contribution in [3.8, 4) is 0 Å².